The fourth-order valence-electron chi connectivity index (χ4n) is 2.46. The van der Waals surface area contributed by atoms with E-state index < -0.39 is 5.97 Å². The van der Waals surface area contributed by atoms with Crippen molar-refractivity contribution in [2.24, 2.45) is 0 Å². The highest BCUT2D eigenvalue weighted by molar-refractivity contribution is 5.85. The summed E-state index contributed by atoms with van der Waals surface area (Å²) >= 11 is 0. The van der Waals surface area contributed by atoms with Crippen molar-refractivity contribution in [3.05, 3.63) is 29.6 Å². The van der Waals surface area contributed by atoms with Gasteiger partial charge in [0.25, 0.3) is 0 Å². The third-order valence-electron chi connectivity index (χ3n) is 3.58. The molecule has 4 nitrogen and oxygen atoms in total. The van der Waals surface area contributed by atoms with Crippen molar-refractivity contribution >= 4 is 5.97 Å². The molecule has 2 rings (SSSR count). The lowest BCUT2D eigenvalue weighted by atomic mass is 10.1. The molecule has 1 atom stereocenters. The monoisotopic (exact) mass is 248 g/mol. The number of aromatic nitrogens is 1. The lowest BCUT2D eigenvalue weighted by Crippen LogP contribution is -2.32. The Bertz CT molecular complexity index is 420. The molecule has 4 heteroatoms. The molecule has 98 valence electrons. The maximum atomic E-state index is 10.9. The third-order valence-corrected chi connectivity index (χ3v) is 3.58. The summed E-state index contributed by atoms with van der Waals surface area (Å²) < 4.78 is 0. The molecule has 18 heavy (non-hydrogen) atoms. The Kier molecular flexibility index (Phi) is 4.31. The van der Waals surface area contributed by atoms with E-state index in [1.54, 1.807) is 6.07 Å². The Morgan fingerprint density at radius 3 is 3.06 bits per heavy atom. The number of aromatic carboxylic acids is 1. The highest BCUT2D eigenvalue weighted by Gasteiger charge is 2.17. The van der Waals surface area contributed by atoms with Gasteiger partial charge in [-0.05, 0) is 38.4 Å². The molecule has 0 bridgehead atoms. The highest BCUT2D eigenvalue weighted by Crippen LogP contribution is 2.18. The van der Waals surface area contributed by atoms with E-state index in [2.05, 4.69) is 16.8 Å². The topological polar surface area (TPSA) is 53.4 Å². The van der Waals surface area contributed by atoms with Gasteiger partial charge in [0, 0.05) is 12.6 Å². The summed E-state index contributed by atoms with van der Waals surface area (Å²) in [4.78, 5) is 17.5. The van der Waals surface area contributed by atoms with Gasteiger partial charge in [0.2, 0.25) is 0 Å². The number of carbonyl (C=O) groups is 1. The summed E-state index contributed by atoms with van der Waals surface area (Å²) in [6, 6.07) is 5.78. The van der Waals surface area contributed by atoms with Gasteiger partial charge in [0.15, 0.2) is 0 Å². The lowest BCUT2D eigenvalue weighted by molar-refractivity contribution is 0.0690. The first-order valence-electron chi connectivity index (χ1n) is 6.60. The number of hydrogen-bond donors (Lipinski definition) is 1. The zero-order valence-corrected chi connectivity index (χ0v) is 10.8. The Labute approximate surface area is 108 Å². The zero-order valence-electron chi connectivity index (χ0n) is 10.8. The fraction of sp³-hybridized carbons (Fsp3) is 0.571. The number of carboxylic acids is 1. The van der Waals surface area contributed by atoms with Crippen molar-refractivity contribution in [3.8, 4) is 0 Å². The third kappa shape index (κ3) is 3.29. The summed E-state index contributed by atoms with van der Waals surface area (Å²) in [5.41, 5.74) is 0.985. The molecular weight excluding hydrogens is 228 g/mol. The van der Waals surface area contributed by atoms with E-state index in [4.69, 9.17) is 5.11 Å². The molecule has 1 N–H and O–H groups in total. The number of likely N-dealkylation sites (tertiary alicyclic amines) is 1. The quantitative estimate of drug-likeness (QED) is 0.893. The molecule has 1 aliphatic rings. The molecular formula is C14H20N2O2. The highest BCUT2D eigenvalue weighted by atomic mass is 16.4. The Hall–Kier alpha value is -1.42. The minimum Gasteiger partial charge on any atom is -0.477 e. The Morgan fingerprint density at radius 1 is 1.44 bits per heavy atom. The Morgan fingerprint density at radius 2 is 2.28 bits per heavy atom. The largest absolute Gasteiger partial charge is 0.477 e. The van der Waals surface area contributed by atoms with Crippen molar-refractivity contribution in [1.82, 2.24) is 9.88 Å². The second-order valence-electron chi connectivity index (χ2n) is 4.99. The van der Waals surface area contributed by atoms with Crippen LogP contribution in [0.5, 0.6) is 0 Å². The first-order valence-corrected chi connectivity index (χ1v) is 6.60. The van der Waals surface area contributed by atoms with Gasteiger partial charge in [-0.25, -0.2) is 9.78 Å². The number of pyridine rings is 1. The van der Waals surface area contributed by atoms with Gasteiger partial charge in [0.1, 0.15) is 5.69 Å². The lowest BCUT2D eigenvalue weighted by Gasteiger charge is -2.26. The predicted octanol–water partition coefficient (Wildman–Crippen LogP) is 2.54. The zero-order chi connectivity index (χ0) is 13.0. The van der Waals surface area contributed by atoms with Gasteiger partial charge < -0.3 is 5.11 Å². The maximum Gasteiger partial charge on any atom is 0.354 e. The first kappa shape index (κ1) is 13.0. The van der Waals surface area contributed by atoms with Crippen LogP contribution in [-0.4, -0.2) is 33.5 Å². The predicted molar refractivity (Wildman–Crippen MR) is 69.5 cm³/mol. The van der Waals surface area contributed by atoms with Crippen molar-refractivity contribution in [1.29, 1.82) is 0 Å². The summed E-state index contributed by atoms with van der Waals surface area (Å²) in [5, 5.41) is 8.94. The molecule has 0 amide bonds. The molecule has 1 unspecified atom stereocenters. The van der Waals surface area contributed by atoms with E-state index >= 15 is 0 Å². The smallest absolute Gasteiger partial charge is 0.354 e. The van der Waals surface area contributed by atoms with Crippen LogP contribution in [0.3, 0.4) is 0 Å². The first-order chi connectivity index (χ1) is 8.66. The van der Waals surface area contributed by atoms with Crippen LogP contribution in [0.4, 0.5) is 0 Å². The van der Waals surface area contributed by atoms with Crippen LogP contribution in [0, 0.1) is 0 Å². The number of hydrogen-bond acceptors (Lipinski definition) is 3. The maximum absolute atomic E-state index is 10.9. The van der Waals surface area contributed by atoms with Crippen molar-refractivity contribution in [2.45, 2.75) is 45.2 Å². The van der Waals surface area contributed by atoms with E-state index in [0.29, 0.717) is 6.04 Å². The van der Waals surface area contributed by atoms with E-state index in [9.17, 15) is 4.79 Å². The van der Waals surface area contributed by atoms with Crippen LogP contribution in [-0.2, 0) is 6.54 Å². The molecule has 1 aromatic rings. The molecule has 0 spiro atoms. The molecule has 0 saturated carbocycles. The van der Waals surface area contributed by atoms with E-state index in [1.807, 2.05) is 6.07 Å². The number of rotatable bonds is 3. The Balaban J connectivity index is 2.07. The second kappa shape index (κ2) is 5.96. The van der Waals surface area contributed by atoms with Gasteiger partial charge >= 0.3 is 5.97 Å². The average Bonchev–Trinajstić information content (AvgIpc) is 2.55. The normalized spacial score (nSPS) is 21.5. The van der Waals surface area contributed by atoms with Gasteiger partial charge in [-0.3, -0.25) is 4.90 Å². The summed E-state index contributed by atoms with van der Waals surface area (Å²) in [5.74, 6) is -0.958. The molecule has 1 saturated heterocycles. The van der Waals surface area contributed by atoms with Crippen LogP contribution in [0.25, 0.3) is 0 Å². The van der Waals surface area contributed by atoms with Crippen molar-refractivity contribution in [3.63, 3.8) is 0 Å². The molecule has 0 radical (unpaired) electrons. The van der Waals surface area contributed by atoms with Crippen molar-refractivity contribution in [2.75, 3.05) is 6.54 Å². The molecule has 1 fully saturated rings. The van der Waals surface area contributed by atoms with E-state index in [-0.39, 0.29) is 5.69 Å². The molecule has 0 aliphatic carbocycles. The van der Waals surface area contributed by atoms with Crippen LogP contribution in [0.2, 0.25) is 0 Å². The summed E-state index contributed by atoms with van der Waals surface area (Å²) in [7, 11) is 0. The SMILES string of the molecule is CC1CCCCCN1Cc1cccc(C(=O)O)n1. The fourth-order valence-corrected chi connectivity index (χ4v) is 2.46. The molecule has 2 heterocycles. The summed E-state index contributed by atoms with van der Waals surface area (Å²) in [6.45, 7) is 4.08. The number of carboxylic acid groups (broad SMARTS) is 1. The number of nitrogens with zero attached hydrogens (tertiary/aromatic N) is 2. The standard InChI is InChI=1S/C14H20N2O2/c1-11-6-3-2-4-9-16(11)10-12-7-5-8-13(15-12)14(17)18/h5,7-8,11H,2-4,6,9-10H2,1H3,(H,17,18). The van der Waals surface area contributed by atoms with Crippen LogP contribution >= 0.6 is 0 Å². The molecule has 0 aromatic carbocycles. The van der Waals surface area contributed by atoms with Gasteiger partial charge in [-0.2, -0.15) is 0 Å². The van der Waals surface area contributed by atoms with Gasteiger partial charge in [-0.1, -0.05) is 18.9 Å². The van der Waals surface area contributed by atoms with E-state index in [0.717, 1.165) is 18.8 Å². The second-order valence-corrected chi connectivity index (χ2v) is 4.99. The van der Waals surface area contributed by atoms with E-state index in [1.165, 1.54) is 31.7 Å². The van der Waals surface area contributed by atoms with Crippen LogP contribution in [0.1, 0.15) is 48.8 Å². The van der Waals surface area contributed by atoms with Gasteiger partial charge in [-0.15, -0.1) is 0 Å². The molecule has 1 aliphatic heterocycles. The minimum absolute atomic E-state index is 0.134. The average molecular weight is 248 g/mol. The van der Waals surface area contributed by atoms with Gasteiger partial charge in [0.05, 0.1) is 5.69 Å². The van der Waals surface area contributed by atoms with Crippen molar-refractivity contribution < 1.29 is 9.90 Å². The van der Waals surface area contributed by atoms with Crippen LogP contribution in [0.15, 0.2) is 18.2 Å². The summed E-state index contributed by atoms with van der Waals surface area (Å²) in [6.07, 6.45) is 5.03. The minimum atomic E-state index is -0.958. The van der Waals surface area contributed by atoms with Crippen LogP contribution < -0.4 is 0 Å². The molecule has 1 aromatic heterocycles.